The molecule has 9 nitrogen and oxygen atoms in total. The minimum atomic E-state index is -3.83. The third-order valence-corrected chi connectivity index (χ3v) is 5.01. The van der Waals surface area contributed by atoms with Gasteiger partial charge in [-0.3, -0.25) is 9.50 Å². The summed E-state index contributed by atoms with van der Waals surface area (Å²) in [7, 11) is -3.83. The Labute approximate surface area is 117 Å². The van der Waals surface area contributed by atoms with Crippen molar-refractivity contribution >= 4 is 32.1 Å². The molecule has 3 aromatic rings. The van der Waals surface area contributed by atoms with E-state index in [1.807, 2.05) is 0 Å². The average molecular weight is 313 g/mol. The molecule has 0 aliphatic heterocycles. The van der Waals surface area contributed by atoms with Crippen LogP contribution in [0, 0.1) is 0 Å². The summed E-state index contributed by atoms with van der Waals surface area (Å²) in [5.74, 6) is 0.382. The minimum absolute atomic E-state index is 0.0332. The molecule has 1 unspecified atom stereocenters. The molecular weight excluding hydrogens is 302 g/mol. The van der Waals surface area contributed by atoms with Crippen LogP contribution in [0.25, 0.3) is 4.96 Å². The summed E-state index contributed by atoms with van der Waals surface area (Å²) in [5, 5.41) is 7.96. The molecule has 0 fully saturated rings. The van der Waals surface area contributed by atoms with E-state index in [1.54, 1.807) is 18.5 Å². The van der Waals surface area contributed by atoms with Gasteiger partial charge in [-0.2, -0.15) is 9.82 Å². The van der Waals surface area contributed by atoms with Crippen molar-refractivity contribution in [3.63, 3.8) is 0 Å². The number of nitrogen functional groups attached to an aromatic ring is 1. The highest BCUT2D eigenvalue weighted by Crippen LogP contribution is 2.24. The fourth-order valence-corrected chi connectivity index (χ4v) is 4.01. The first-order valence-corrected chi connectivity index (χ1v) is 7.94. The summed E-state index contributed by atoms with van der Waals surface area (Å²) in [6.45, 7) is 1.65. The summed E-state index contributed by atoms with van der Waals surface area (Å²) in [4.78, 5) is 8.45. The first-order valence-electron chi connectivity index (χ1n) is 5.57. The molecule has 4 N–H and O–H groups in total. The maximum atomic E-state index is 12.4. The lowest BCUT2D eigenvalue weighted by Crippen LogP contribution is -2.29. The summed E-state index contributed by atoms with van der Waals surface area (Å²) in [6, 6.07) is -0.564. The Kier molecular flexibility index (Phi) is 2.96. The largest absolute Gasteiger partial charge is 0.381 e. The number of nitrogens with zero attached hydrogens (tertiary/aromatic N) is 4. The van der Waals surface area contributed by atoms with Crippen LogP contribution in [0.2, 0.25) is 0 Å². The van der Waals surface area contributed by atoms with Crippen LogP contribution < -0.4 is 10.5 Å². The number of rotatable bonds is 4. The minimum Gasteiger partial charge on any atom is -0.381 e. The average Bonchev–Trinajstić information content (AvgIpc) is 3.01. The van der Waals surface area contributed by atoms with E-state index in [2.05, 4.69) is 24.9 Å². The van der Waals surface area contributed by atoms with Crippen LogP contribution in [0.4, 0.5) is 5.82 Å². The zero-order valence-corrected chi connectivity index (χ0v) is 11.9. The number of thiazole rings is 1. The van der Waals surface area contributed by atoms with Crippen molar-refractivity contribution in [2.45, 2.75) is 18.0 Å². The molecule has 0 saturated heterocycles. The molecule has 0 spiro atoms. The lowest BCUT2D eigenvalue weighted by atomic mass is 10.3. The Morgan fingerprint density at radius 3 is 3.05 bits per heavy atom. The summed E-state index contributed by atoms with van der Waals surface area (Å²) in [6.07, 6.45) is 2.92. The predicted octanol–water partition coefficient (Wildman–Crippen LogP) is 0.136. The van der Waals surface area contributed by atoms with Gasteiger partial charge in [0.1, 0.15) is 12.2 Å². The zero-order valence-electron chi connectivity index (χ0n) is 10.3. The van der Waals surface area contributed by atoms with Gasteiger partial charge in [-0.15, -0.1) is 11.3 Å². The highest BCUT2D eigenvalue weighted by molar-refractivity contribution is 7.89. The molecule has 3 heterocycles. The van der Waals surface area contributed by atoms with Gasteiger partial charge >= 0.3 is 0 Å². The number of aromatic nitrogens is 5. The molecule has 106 valence electrons. The first-order chi connectivity index (χ1) is 9.49. The van der Waals surface area contributed by atoms with E-state index in [1.165, 1.54) is 22.1 Å². The van der Waals surface area contributed by atoms with Crippen molar-refractivity contribution in [1.82, 2.24) is 29.3 Å². The lowest BCUT2D eigenvalue weighted by molar-refractivity contribution is 0.556. The van der Waals surface area contributed by atoms with Gasteiger partial charge in [0.2, 0.25) is 0 Å². The van der Waals surface area contributed by atoms with Crippen molar-refractivity contribution in [2.75, 3.05) is 5.73 Å². The maximum Gasteiger partial charge on any atom is 0.261 e. The monoisotopic (exact) mass is 313 g/mol. The number of aromatic amines is 1. The lowest BCUT2D eigenvalue weighted by Gasteiger charge is -2.11. The number of fused-ring (bicyclic) bond motifs is 1. The SMILES string of the molecule is CC(NS(=O)(=O)c1c(N)nc2sccn12)c1ncn[nH]1. The Morgan fingerprint density at radius 2 is 2.35 bits per heavy atom. The number of nitrogens with two attached hydrogens (primary N) is 1. The fourth-order valence-electron chi connectivity index (χ4n) is 1.82. The highest BCUT2D eigenvalue weighted by Gasteiger charge is 2.27. The van der Waals surface area contributed by atoms with E-state index < -0.39 is 16.1 Å². The van der Waals surface area contributed by atoms with Gasteiger partial charge in [0, 0.05) is 11.6 Å². The number of hydrogen-bond donors (Lipinski definition) is 3. The molecule has 3 rings (SSSR count). The number of hydrogen-bond acceptors (Lipinski definition) is 7. The van der Waals surface area contributed by atoms with Gasteiger partial charge in [0.25, 0.3) is 10.0 Å². The highest BCUT2D eigenvalue weighted by atomic mass is 32.2. The molecule has 0 saturated carbocycles. The molecule has 11 heteroatoms. The normalized spacial score (nSPS) is 13.8. The summed E-state index contributed by atoms with van der Waals surface area (Å²) in [5.41, 5.74) is 5.70. The molecule has 0 bridgehead atoms. The van der Waals surface area contributed by atoms with Gasteiger partial charge in [-0.05, 0) is 6.92 Å². The van der Waals surface area contributed by atoms with Crippen LogP contribution in [-0.2, 0) is 10.0 Å². The Balaban J connectivity index is 2.00. The summed E-state index contributed by atoms with van der Waals surface area (Å²) >= 11 is 1.31. The van der Waals surface area contributed by atoms with Gasteiger partial charge < -0.3 is 5.73 Å². The van der Waals surface area contributed by atoms with Crippen molar-refractivity contribution in [3.8, 4) is 0 Å². The van der Waals surface area contributed by atoms with Gasteiger partial charge in [-0.25, -0.2) is 18.4 Å². The molecule has 0 aliphatic carbocycles. The van der Waals surface area contributed by atoms with Crippen LogP contribution in [0.15, 0.2) is 22.9 Å². The Hall–Kier alpha value is -1.98. The van der Waals surface area contributed by atoms with Crippen LogP contribution in [0.1, 0.15) is 18.8 Å². The van der Waals surface area contributed by atoms with E-state index in [4.69, 9.17) is 5.73 Å². The van der Waals surface area contributed by atoms with Crippen molar-refractivity contribution in [2.24, 2.45) is 0 Å². The van der Waals surface area contributed by atoms with Crippen LogP contribution in [-0.4, -0.2) is 33.0 Å². The standard InChI is InChI=1S/C9H11N7O2S2/c1-5(7-11-4-12-14-7)15-20(17,18)8-6(10)13-9-16(8)2-3-19-9/h2-5,15H,10H2,1H3,(H,11,12,14). The fraction of sp³-hybridized carbons (Fsp3) is 0.222. The van der Waals surface area contributed by atoms with Crippen LogP contribution >= 0.6 is 11.3 Å². The van der Waals surface area contributed by atoms with E-state index in [0.717, 1.165) is 0 Å². The van der Waals surface area contributed by atoms with Gasteiger partial charge in [0.15, 0.2) is 15.8 Å². The van der Waals surface area contributed by atoms with Crippen LogP contribution in [0.3, 0.4) is 0 Å². The number of nitrogens with one attached hydrogen (secondary N) is 2. The Morgan fingerprint density at radius 1 is 1.55 bits per heavy atom. The molecular formula is C9H11N7O2S2. The van der Waals surface area contributed by atoms with Crippen molar-refractivity contribution in [1.29, 1.82) is 0 Å². The molecule has 0 aliphatic rings. The van der Waals surface area contributed by atoms with E-state index in [0.29, 0.717) is 10.8 Å². The number of sulfonamides is 1. The number of imidazole rings is 1. The molecule has 3 aromatic heterocycles. The van der Waals surface area contributed by atoms with Crippen molar-refractivity contribution < 1.29 is 8.42 Å². The smallest absolute Gasteiger partial charge is 0.261 e. The number of anilines is 1. The molecule has 0 aromatic carbocycles. The molecule has 0 radical (unpaired) electrons. The molecule has 20 heavy (non-hydrogen) atoms. The third-order valence-electron chi connectivity index (χ3n) is 2.67. The van der Waals surface area contributed by atoms with Gasteiger partial charge in [0.05, 0.1) is 6.04 Å². The second-order valence-electron chi connectivity index (χ2n) is 4.07. The molecule has 0 amide bonds. The maximum absolute atomic E-state index is 12.4. The topological polar surface area (TPSA) is 131 Å². The summed E-state index contributed by atoms with van der Waals surface area (Å²) < 4.78 is 28.8. The van der Waals surface area contributed by atoms with Gasteiger partial charge in [-0.1, -0.05) is 0 Å². The Bertz CT molecular complexity index is 833. The second-order valence-corrected chi connectivity index (χ2v) is 6.57. The third kappa shape index (κ3) is 2.05. The quantitative estimate of drug-likeness (QED) is 0.627. The number of H-pyrrole nitrogens is 1. The van der Waals surface area contributed by atoms with Crippen LogP contribution in [0.5, 0.6) is 0 Å². The van der Waals surface area contributed by atoms with E-state index >= 15 is 0 Å². The van der Waals surface area contributed by atoms with E-state index in [9.17, 15) is 8.42 Å². The second kappa shape index (κ2) is 4.54. The first kappa shape index (κ1) is 13.0. The zero-order chi connectivity index (χ0) is 14.3. The van der Waals surface area contributed by atoms with E-state index in [-0.39, 0.29) is 10.8 Å². The van der Waals surface area contributed by atoms with Crippen molar-refractivity contribution in [3.05, 3.63) is 23.7 Å². The predicted molar refractivity (Wildman–Crippen MR) is 72.6 cm³/mol. The molecule has 1 atom stereocenters.